The third kappa shape index (κ3) is 4.03. The fraction of sp³-hybridized carbons (Fsp3) is 0.600. The topological polar surface area (TPSA) is 75.6 Å². The van der Waals surface area contributed by atoms with Crippen molar-refractivity contribution in [2.45, 2.75) is 38.2 Å². The molecule has 1 aliphatic rings. The third-order valence-corrected chi connectivity index (χ3v) is 5.56. The Balaban J connectivity index is 2.15. The Hall–Kier alpha value is -0.950. The molecule has 2 N–H and O–H groups in total. The van der Waals surface area contributed by atoms with Gasteiger partial charge in [0.25, 0.3) is 0 Å². The molecule has 0 bridgehead atoms. The van der Waals surface area contributed by atoms with Gasteiger partial charge < -0.3 is 9.84 Å². The molecule has 0 radical (unpaired) electrons. The summed E-state index contributed by atoms with van der Waals surface area (Å²) in [5.41, 5.74) is 2.24. The van der Waals surface area contributed by atoms with E-state index in [2.05, 4.69) is 4.72 Å². The number of ether oxygens (including phenoxy) is 1. The maximum absolute atomic E-state index is 12.5. The molecule has 0 aromatic heterocycles. The fourth-order valence-electron chi connectivity index (χ4n) is 2.59. The van der Waals surface area contributed by atoms with Gasteiger partial charge >= 0.3 is 0 Å². The highest BCUT2D eigenvalue weighted by molar-refractivity contribution is 7.89. The minimum atomic E-state index is -3.54. The molecule has 1 fully saturated rings. The van der Waals surface area contributed by atoms with Gasteiger partial charge in [0.05, 0.1) is 11.5 Å². The lowest BCUT2D eigenvalue weighted by molar-refractivity contribution is 0.0678. The summed E-state index contributed by atoms with van der Waals surface area (Å²) in [5.74, 6) is 0.330. The van der Waals surface area contributed by atoms with Gasteiger partial charge in [0.2, 0.25) is 10.0 Å². The number of aliphatic hydroxyl groups is 1. The molecule has 21 heavy (non-hydrogen) atoms. The number of rotatable bonds is 5. The molecular formula is C15H23NO4S. The number of nitrogens with one attached hydrogen (secondary N) is 1. The summed E-state index contributed by atoms with van der Waals surface area (Å²) in [6.07, 6.45) is 1.77. The van der Waals surface area contributed by atoms with Crippen LogP contribution in [0, 0.1) is 19.8 Å². The second kappa shape index (κ2) is 6.87. The van der Waals surface area contributed by atoms with Crippen LogP contribution in [-0.4, -0.2) is 33.3 Å². The van der Waals surface area contributed by atoms with Crippen molar-refractivity contribution in [3.8, 4) is 0 Å². The Morgan fingerprint density at radius 3 is 2.52 bits per heavy atom. The Bertz CT molecular complexity index is 592. The summed E-state index contributed by atoms with van der Waals surface area (Å²) in [6, 6.07) is 3.37. The number of aryl methyl sites for hydroxylation is 2. The standard InChI is InChI=1S/C15H23NO4S/c1-11-7-12(2)15(8-14(11)10-17)21(18,19)16-9-13-3-5-20-6-4-13/h7-8,13,16-17H,3-6,9-10H2,1-2H3. The van der Waals surface area contributed by atoms with E-state index in [0.717, 1.165) is 18.4 Å². The molecule has 1 aromatic rings. The smallest absolute Gasteiger partial charge is 0.240 e. The summed E-state index contributed by atoms with van der Waals surface area (Å²) in [5, 5.41) is 9.30. The zero-order valence-electron chi connectivity index (χ0n) is 12.6. The lowest BCUT2D eigenvalue weighted by atomic mass is 10.0. The second-order valence-electron chi connectivity index (χ2n) is 5.61. The number of aliphatic hydroxyl groups excluding tert-OH is 1. The molecule has 5 nitrogen and oxygen atoms in total. The van der Waals surface area contributed by atoms with Crippen molar-refractivity contribution >= 4 is 10.0 Å². The monoisotopic (exact) mass is 313 g/mol. The van der Waals surface area contributed by atoms with Crippen LogP contribution in [0.2, 0.25) is 0 Å². The average molecular weight is 313 g/mol. The van der Waals surface area contributed by atoms with Gasteiger partial charge in [-0.3, -0.25) is 0 Å². The number of benzene rings is 1. The molecule has 0 saturated carbocycles. The zero-order chi connectivity index (χ0) is 15.5. The zero-order valence-corrected chi connectivity index (χ0v) is 13.4. The van der Waals surface area contributed by atoms with Crippen LogP contribution in [0.25, 0.3) is 0 Å². The molecule has 0 aliphatic carbocycles. The van der Waals surface area contributed by atoms with Crippen LogP contribution in [0.1, 0.15) is 29.5 Å². The van der Waals surface area contributed by atoms with Crippen LogP contribution in [0.15, 0.2) is 17.0 Å². The van der Waals surface area contributed by atoms with Crippen LogP contribution in [0.5, 0.6) is 0 Å². The van der Waals surface area contributed by atoms with E-state index in [4.69, 9.17) is 4.74 Å². The third-order valence-electron chi connectivity index (χ3n) is 4.00. The molecule has 0 amide bonds. The van der Waals surface area contributed by atoms with Gasteiger partial charge in [-0.25, -0.2) is 13.1 Å². The van der Waals surface area contributed by atoms with Crippen molar-refractivity contribution < 1.29 is 18.3 Å². The molecule has 0 spiro atoms. The van der Waals surface area contributed by atoms with E-state index in [1.807, 2.05) is 6.92 Å². The first-order valence-electron chi connectivity index (χ1n) is 7.22. The summed E-state index contributed by atoms with van der Waals surface area (Å²) in [4.78, 5) is 0.254. The van der Waals surface area contributed by atoms with Crippen molar-refractivity contribution in [1.29, 1.82) is 0 Å². The van der Waals surface area contributed by atoms with E-state index < -0.39 is 10.0 Å². The van der Waals surface area contributed by atoms with Crippen LogP contribution >= 0.6 is 0 Å². The van der Waals surface area contributed by atoms with Crippen LogP contribution < -0.4 is 4.72 Å². The highest BCUT2D eigenvalue weighted by Gasteiger charge is 2.21. The van der Waals surface area contributed by atoms with Gasteiger partial charge in [0, 0.05) is 19.8 Å². The molecule has 1 saturated heterocycles. The molecule has 1 heterocycles. The first kappa shape index (κ1) is 16.4. The quantitative estimate of drug-likeness (QED) is 0.864. The molecule has 1 aliphatic heterocycles. The van der Waals surface area contributed by atoms with Gasteiger partial charge in [-0.15, -0.1) is 0 Å². The maximum Gasteiger partial charge on any atom is 0.240 e. The van der Waals surface area contributed by atoms with Crippen molar-refractivity contribution in [1.82, 2.24) is 4.72 Å². The number of hydrogen-bond acceptors (Lipinski definition) is 4. The summed E-state index contributed by atoms with van der Waals surface area (Å²) in [6.45, 7) is 5.32. The first-order valence-corrected chi connectivity index (χ1v) is 8.70. The SMILES string of the molecule is Cc1cc(C)c(S(=O)(=O)NCC2CCOCC2)cc1CO. The van der Waals surface area contributed by atoms with E-state index in [1.54, 1.807) is 19.1 Å². The largest absolute Gasteiger partial charge is 0.392 e. The molecule has 0 unspecified atom stereocenters. The van der Waals surface area contributed by atoms with Gasteiger partial charge in [0.1, 0.15) is 0 Å². The van der Waals surface area contributed by atoms with Crippen LogP contribution in [-0.2, 0) is 21.4 Å². The minimum absolute atomic E-state index is 0.158. The predicted molar refractivity (Wildman–Crippen MR) is 80.6 cm³/mol. The Kier molecular flexibility index (Phi) is 5.37. The van der Waals surface area contributed by atoms with Crippen LogP contribution in [0.4, 0.5) is 0 Å². The maximum atomic E-state index is 12.5. The van der Waals surface area contributed by atoms with E-state index in [0.29, 0.717) is 36.8 Å². The van der Waals surface area contributed by atoms with E-state index >= 15 is 0 Å². The highest BCUT2D eigenvalue weighted by Crippen LogP contribution is 2.21. The van der Waals surface area contributed by atoms with Crippen molar-refractivity contribution in [3.63, 3.8) is 0 Å². The normalized spacial score (nSPS) is 17.1. The average Bonchev–Trinajstić information content (AvgIpc) is 2.46. The number of sulfonamides is 1. The predicted octanol–water partition coefficient (Wildman–Crippen LogP) is 1.50. The summed E-state index contributed by atoms with van der Waals surface area (Å²) in [7, 11) is -3.54. The molecule has 118 valence electrons. The van der Waals surface area contributed by atoms with Crippen molar-refractivity contribution in [2.75, 3.05) is 19.8 Å². The lowest BCUT2D eigenvalue weighted by Crippen LogP contribution is -2.32. The fourth-order valence-corrected chi connectivity index (χ4v) is 3.98. The van der Waals surface area contributed by atoms with Crippen molar-refractivity contribution in [3.05, 3.63) is 28.8 Å². The summed E-state index contributed by atoms with van der Waals surface area (Å²) < 4.78 is 32.9. The van der Waals surface area contributed by atoms with Gasteiger partial charge in [-0.1, -0.05) is 6.07 Å². The molecule has 0 atom stereocenters. The van der Waals surface area contributed by atoms with Crippen LogP contribution in [0.3, 0.4) is 0 Å². The van der Waals surface area contributed by atoms with E-state index in [9.17, 15) is 13.5 Å². The first-order chi connectivity index (χ1) is 9.94. The minimum Gasteiger partial charge on any atom is -0.392 e. The van der Waals surface area contributed by atoms with Crippen molar-refractivity contribution in [2.24, 2.45) is 5.92 Å². The Morgan fingerprint density at radius 1 is 1.24 bits per heavy atom. The molecule has 6 heteroatoms. The second-order valence-corrected chi connectivity index (χ2v) is 7.35. The summed E-state index contributed by atoms with van der Waals surface area (Å²) >= 11 is 0. The van der Waals surface area contributed by atoms with E-state index in [-0.39, 0.29) is 11.5 Å². The Morgan fingerprint density at radius 2 is 1.90 bits per heavy atom. The van der Waals surface area contributed by atoms with E-state index in [1.165, 1.54) is 0 Å². The highest BCUT2D eigenvalue weighted by atomic mass is 32.2. The molecule has 1 aromatic carbocycles. The van der Waals surface area contributed by atoms with Gasteiger partial charge in [-0.05, 0) is 55.4 Å². The number of hydrogen-bond donors (Lipinski definition) is 2. The lowest BCUT2D eigenvalue weighted by Gasteiger charge is -2.22. The molecular weight excluding hydrogens is 290 g/mol. The molecule has 2 rings (SSSR count). The van der Waals surface area contributed by atoms with Gasteiger partial charge in [-0.2, -0.15) is 0 Å². The Labute approximate surface area is 126 Å². The van der Waals surface area contributed by atoms with Gasteiger partial charge in [0.15, 0.2) is 0 Å².